The van der Waals surface area contributed by atoms with Crippen LogP contribution in [0.25, 0.3) is 0 Å². The zero-order valence-corrected chi connectivity index (χ0v) is 16.4. The van der Waals surface area contributed by atoms with E-state index in [4.69, 9.17) is 4.89 Å². The maximum atomic E-state index is 12.2. The van der Waals surface area contributed by atoms with Crippen LogP contribution in [0, 0.1) is 0 Å². The molecule has 0 bridgehead atoms. The molecular formula is C20H34FO3P. The molecule has 0 rings (SSSR count). The van der Waals surface area contributed by atoms with Crippen LogP contribution in [0.3, 0.4) is 0 Å². The van der Waals surface area contributed by atoms with E-state index in [1.165, 1.54) is 25.7 Å². The molecule has 144 valence electrons. The summed E-state index contributed by atoms with van der Waals surface area (Å²) in [6, 6.07) is 0. The van der Waals surface area contributed by atoms with Crippen molar-refractivity contribution >= 4 is 7.91 Å². The van der Waals surface area contributed by atoms with Gasteiger partial charge in [0.1, 0.15) is 0 Å². The van der Waals surface area contributed by atoms with E-state index in [1.54, 1.807) is 0 Å². The van der Waals surface area contributed by atoms with Gasteiger partial charge in [0.25, 0.3) is 0 Å². The highest BCUT2D eigenvalue weighted by Crippen LogP contribution is 2.43. The molecule has 0 amide bonds. The number of hydrogen-bond acceptors (Lipinski definition) is 2. The van der Waals surface area contributed by atoms with Crippen molar-refractivity contribution in [3.8, 4) is 0 Å². The smallest absolute Gasteiger partial charge is 0.299 e. The second kappa shape index (κ2) is 17.8. The molecule has 0 saturated heterocycles. The molecule has 0 aliphatic rings. The fourth-order valence-corrected chi connectivity index (χ4v) is 2.46. The zero-order chi connectivity index (χ0) is 18.6. The summed E-state index contributed by atoms with van der Waals surface area (Å²) in [5.41, 5.74) is 0. The normalized spacial score (nSPS) is 15.2. The van der Waals surface area contributed by atoms with Crippen LogP contribution in [-0.4, -0.2) is 11.5 Å². The molecule has 0 spiro atoms. The van der Waals surface area contributed by atoms with Crippen molar-refractivity contribution in [3.05, 3.63) is 48.6 Å². The SMILES string of the molecule is CCCCC/C=C\C/C=C\C/C=C\C/C=C\CCCCOP(=O)(O)F. The largest absolute Gasteiger partial charge is 0.510 e. The van der Waals surface area contributed by atoms with Gasteiger partial charge in [0.05, 0.1) is 6.61 Å². The Kier molecular flexibility index (Phi) is 17.2. The summed E-state index contributed by atoms with van der Waals surface area (Å²) in [5.74, 6) is 0. The molecule has 3 nitrogen and oxygen atoms in total. The lowest BCUT2D eigenvalue weighted by atomic mass is 10.2. The van der Waals surface area contributed by atoms with Crippen molar-refractivity contribution in [1.82, 2.24) is 0 Å². The standard InChI is InChI=1S/C20H34FO3P/c1-2-3-4-5-6-7-8-9-10-11-12-13-14-15-16-17-18-19-20-24-25(21,22)23/h6-7,9-10,12-13,15-16H,2-5,8,11,14,17-20H2,1H3,(H,22,23)/b7-6-,10-9-,13-12-,16-15-. The van der Waals surface area contributed by atoms with Crippen LogP contribution < -0.4 is 0 Å². The molecule has 1 unspecified atom stereocenters. The number of rotatable bonds is 16. The molecule has 0 aromatic carbocycles. The van der Waals surface area contributed by atoms with Crippen molar-refractivity contribution in [2.75, 3.05) is 6.61 Å². The van der Waals surface area contributed by atoms with Crippen molar-refractivity contribution in [1.29, 1.82) is 0 Å². The molecule has 0 aromatic heterocycles. The maximum Gasteiger partial charge on any atom is 0.510 e. The van der Waals surface area contributed by atoms with E-state index in [-0.39, 0.29) is 6.61 Å². The molecule has 5 heteroatoms. The summed E-state index contributed by atoms with van der Waals surface area (Å²) in [6.45, 7) is 2.21. The number of allylic oxidation sites excluding steroid dienone is 8. The minimum absolute atomic E-state index is 0.0156. The fourth-order valence-electron chi connectivity index (χ4n) is 2.10. The second-order valence-electron chi connectivity index (χ2n) is 5.87. The van der Waals surface area contributed by atoms with Crippen LogP contribution in [0.5, 0.6) is 0 Å². The third kappa shape index (κ3) is 23.0. The lowest BCUT2D eigenvalue weighted by Crippen LogP contribution is -1.89. The van der Waals surface area contributed by atoms with Gasteiger partial charge >= 0.3 is 7.91 Å². The van der Waals surface area contributed by atoms with E-state index in [0.717, 1.165) is 32.1 Å². The van der Waals surface area contributed by atoms with Gasteiger partial charge in [0.2, 0.25) is 0 Å². The summed E-state index contributed by atoms with van der Waals surface area (Å²) in [7, 11) is -4.79. The van der Waals surface area contributed by atoms with Gasteiger partial charge in [-0.2, -0.15) is 0 Å². The lowest BCUT2D eigenvalue weighted by molar-refractivity contribution is 0.222. The van der Waals surface area contributed by atoms with Gasteiger partial charge in [-0.25, -0.2) is 4.57 Å². The lowest BCUT2D eigenvalue weighted by Gasteiger charge is -2.01. The fraction of sp³-hybridized carbons (Fsp3) is 0.600. The van der Waals surface area contributed by atoms with Crippen molar-refractivity contribution in [3.63, 3.8) is 0 Å². The average molecular weight is 372 g/mol. The van der Waals surface area contributed by atoms with Crippen molar-refractivity contribution in [2.45, 2.75) is 71.1 Å². The summed E-state index contributed by atoms with van der Waals surface area (Å²) < 4.78 is 26.6. The molecule has 0 saturated carbocycles. The third-order valence-electron chi connectivity index (χ3n) is 3.47. The Labute approximate surface area is 153 Å². The summed E-state index contributed by atoms with van der Waals surface area (Å²) in [4.78, 5) is 8.30. The van der Waals surface area contributed by atoms with Crippen LogP contribution in [-0.2, 0) is 9.09 Å². The molecule has 25 heavy (non-hydrogen) atoms. The number of hydrogen-bond donors (Lipinski definition) is 1. The molecule has 1 N–H and O–H groups in total. The van der Waals surface area contributed by atoms with Gasteiger partial charge in [-0.05, 0) is 51.4 Å². The molecule has 0 aliphatic carbocycles. The first kappa shape index (κ1) is 24.0. The minimum atomic E-state index is -4.79. The first-order valence-corrected chi connectivity index (χ1v) is 10.8. The highest BCUT2D eigenvalue weighted by Gasteiger charge is 2.15. The molecule has 0 heterocycles. The molecular weight excluding hydrogens is 338 g/mol. The summed E-state index contributed by atoms with van der Waals surface area (Å²) in [6.07, 6.45) is 27.5. The number of unbranched alkanes of at least 4 members (excludes halogenated alkanes) is 5. The molecule has 0 aliphatic heterocycles. The Balaban J connectivity index is 3.42. The monoisotopic (exact) mass is 372 g/mol. The summed E-state index contributed by atoms with van der Waals surface area (Å²) >= 11 is 0. The quantitative estimate of drug-likeness (QED) is 0.177. The van der Waals surface area contributed by atoms with E-state index in [2.05, 4.69) is 60.1 Å². The Bertz CT molecular complexity index is 450. The first-order chi connectivity index (χ1) is 12.1. The Morgan fingerprint density at radius 3 is 1.68 bits per heavy atom. The van der Waals surface area contributed by atoms with Crippen molar-refractivity contribution in [2.24, 2.45) is 0 Å². The molecule has 1 atom stereocenters. The Morgan fingerprint density at radius 1 is 0.800 bits per heavy atom. The van der Waals surface area contributed by atoms with E-state index in [1.807, 2.05) is 0 Å². The van der Waals surface area contributed by atoms with Gasteiger partial charge < -0.3 is 0 Å². The van der Waals surface area contributed by atoms with Crippen LogP contribution in [0.15, 0.2) is 48.6 Å². The third-order valence-corrected chi connectivity index (χ3v) is 3.97. The predicted octanol–water partition coefficient (Wildman–Crippen LogP) is 7.22. The van der Waals surface area contributed by atoms with Crippen LogP contribution in [0.2, 0.25) is 0 Å². The van der Waals surface area contributed by atoms with Gasteiger partial charge in [-0.3, -0.25) is 9.42 Å². The van der Waals surface area contributed by atoms with Crippen LogP contribution in [0.1, 0.15) is 71.1 Å². The minimum Gasteiger partial charge on any atom is -0.299 e. The zero-order valence-electron chi connectivity index (χ0n) is 15.5. The second-order valence-corrected chi connectivity index (χ2v) is 7.03. The molecule has 0 fully saturated rings. The average Bonchev–Trinajstić information content (AvgIpc) is 2.56. The topological polar surface area (TPSA) is 46.5 Å². The van der Waals surface area contributed by atoms with E-state index >= 15 is 0 Å². The van der Waals surface area contributed by atoms with Gasteiger partial charge in [0, 0.05) is 0 Å². The highest BCUT2D eigenvalue weighted by molar-refractivity contribution is 7.46. The predicted molar refractivity (Wildman–Crippen MR) is 105 cm³/mol. The van der Waals surface area contributed by atoms with E-state index < -0.39 is 7.91 Å². The van der Waals surface area contributed by atoms with Crippen LogP contribution in [0.4, 0.5) is 4.20 Å². The number of halogens is 1. The van der Waals surface area contributed by atoms with E-state index in [0.29, 0.717) is 6.42 Å². The van der Waals surface area contributed by atoms with E-state index in [9.17, 15) is 8.76 Å². The van der Waals surface area contributed by atoms with Crippen molar-refractivity contribution < 1.29 is 18.2 Å². The van der Waals surface area contributed by atoms with Crippen LogP contribution >= 0.6 is 7.91 Å². The van der Waals surface area contributed by atoms with Gasteiger partial charge in [-0.15, -0.1) is 4.20 Å². The summed E-state index contributed by atoms with van der Waals surface area (Å²) in [5, 5.41) is 0. The maximum absolute atomic E-state index is 12.2. The Hall–Kier alpha value is -0.960. The molecule has 0 radical (unpaired) electrons. The van der Waals surface area contributed by atoms with Gasteiger partial charge in [-0.1, -0.05) is 68.4 Å². The Morgan fingerprint density at radius 2 is 1.24 bits per heavy atom. The highest BCUT2D eigenvalue weighted by atomic mass is 31.2. The molecule has 0 aromatic rings. The first-order valence-electron chi connectivity index (χ1n) is 9.33. The van der Waals surface area contributed by atoms with Gasteiger partial charge in [0.15, 0.2) is 0 Å².